The standard InChI is InChI=1S/C22H21N9O3/c1-12-13(10-25-29(12)2)20-26-27-21(34-20)22(32)30-8-6-14-18(24-11-23-14)19(30)15-9-16-17(33-3)5-4-7-31(16)28-15/h4-5,7,9-11,19H,6,8H2,1-3H3,(H,23,24). The number of hydrogen-bond donors (Lipinski definition) is 1. The number of nitrogens with zero attached hydrogens (tertiary/aromatic N) is 8. The Bertz CT molecular complexity index is 1530. The number of hydrogen-bond acceptors (Lipinski definition) is 8. The first-order valence-electron chi connectivity index (χ1n) is 10.7. The average Bonchev–Trinajstić information content (AvgIpc) is 3.64. The number of amides is 1. The zero-order chi connectivity index (χ0) is 23.4. The summed E-state index contributed by atoms with van der Waals surface area (Å²) in [6.07, 6.45) is 5.73. The van der Waals surface area contributed by atoms with Crippen LogP contribution in [0.15, 0.2) is 41.3 Å². The van der Waals surface area contributed by atoms with Gasteiger partial charge in [-0.25, -0.2) is 9.50 Å². The van der Waals surface area contributed by atoms with Gasteiger partial charge in [0, 0.05) is 37.6 Å². The number of methoxy groups -OCH3 is 1. The second-order valence-corrected chi connectivity index (χ2v) is 8.07. The van der Waals surface area contributed by atoms with Crippen molar-refractivity contribution < 1.29 is 13.9 Å². The molecule has 0 fully saturated rings. The number of carbonyl (C=O) groups is 1. The minimum absolute atomic E-state index is 0.0939. The highest BCUT2D eigenvalue weighted by molar-refractivity contribution is 5.90. The number of carbonyl (C=O) groups excluding carboxylic acids is 1. The van der Waals surface area contributed by atoms with Crippen LogP contribution in [-0.4, -0.2) is 64.0 Å². The number of rotatable bonds is 4. The molecule has 0 saturated carbocycles. The number of ether oxygens (including phenoxy) is 1. The van der Waals surface area contributed by atoms with Crippen LogP contribution in [0.1, 0.15) is 39.5 Å². The fourth-order valence-corrected chi connectivity index (χ4v) is 4.36. The van der Waals surface area contributed by atoms with E-state index in [0.717, 1.165) is 22.6 Å². The lowest BCUT2D eigenvalue weighted by molar-refractivity contribution is 0.0646. The summed E-state index contributed by atoms with van der Waals surface area (Å²) in [6, 6.07) is 5.10. The first-order chi connectivity index (χ1) is 16.5. The molecule has 12 heteroatoms. The molecule has 1 atom stereocenters. The molecule has 0 bridgehead atoms. The first-order valence-corrected chi connectivity index (χ1v) is 10.7. The smallest absolute Gasteiger partial charge is 0.312 e. The monoisotopic (exact) mass is 459 g/mol. The number of aromatic nitrogens is 8. The van der Waals surface area contributed by atoms with Crippen LogP contribution in [0.25, 0.3) is 17.0 Å². The third kappa shape index (κ3) is 2.99. The van der Waals surface area contributed by atoms with E-state index in [-0.39, 0.29) is 17.7 Å². The fourth-order valence-electron chi connectivity index (χ4n) is 4.36. The van der Waals surface area contributed by atoms with Crippen molar-refractivity contribution in [2.45, 2.75) is 19.4 Å². The molecule has 1 amide bonds. The van der Waals surface area contributed by atoms with Crippen LogP contribution < -0.4 is 4.74 Å². The molecule has 1 unspecified atom stereocenters. The minimum atomic E-state index is -0.525. The zero-order valence-corrected chi connectivity index (χ0v) is 18.8. The molecule has 1 aliphatic heterocycles. The number of fused-ring (bicyclic) bond motifs is 2. The third-order valence-electron chi connectivity index (χ3n) is 6.24. The Labute approximate surface area is 193 Å². The summed E-state index contributed by atoms with van der Waals surface area (Å²) < 4.78 is 14.7. The van der Waals surface area contributed by atoms with Gasteiger partial charge in [-0.3, -0.25) is 9.48 Å². The van der Waals surface area contributed by atoms with Gasteiger partial charge in [-0.1, -0.05) is 0 Å². The first kappa shape index (κ1) is 20.1. The second-order valence-electron chi connectivity index (χ2n) is 8.07. The molecule has 0 saturated heterocycles. The lowest BCUT2D eigenvalue weighted by Gasteiger charge is -2.32. The highest BCUT2D eigenvalue weighted by Crippen LogP contribution is 2.35. The predicted molar refractivity (Wildman–Crippen MR) is 118 cm³/mol. The molecule has 12 nitrogen and oxygen atoms in total. The molecule has 6 rings (SSSR count). The summed E-state index contributed by atoms with van der Waals surface area (Å²) in [5.41, 5.74) is 4.71. The number of aromatic amines is 1. The van der Waals surface area contributed by atoms with Crippen molar-refractivity contribution in [3.05, 3.63) is 65.6 Å². The zero-order valence-electron chi connectivity index (χ0n) is 18.8. The maximum Gasteiger partial charge on any atom is 0.312 e. The van der Waals surface area contributed by atoms with Gasteiger partial charge in [0.2, 0.25) is 0 Å². The summed E-state index contributed by atoms with van der Waals surface area (Å²) in [7, 11) is 3.44. The Balaban J connectivity index is 1.41. The summed E-state index contributed by atoms with van der Waals surface area (Å²) >= 11 is 0. The van der Waals surface area contributed by atoms with E-state index in [9.17, 15) is 4.79 Å². The van der Waals surface area contributed by atoms with Gasteiger partial charge in [0.15, 0.2) is 0 Å². The van der Waals surface area contributed by atoms with Gasteiger partial charge in [-0.2, -0.15) is 10.2 Å². The number of pyridine rings is 1. The molecule has 5 aromatic heterocycles. The van der Waals surface area contributed by atoms with Crippen LogP contribution in [0.2, 0.25) is 0 Å². The van der Waals surface area contributed by atoms with Crippen LogP contribution in [0.4, 0.5) is 0 Å². The van der Waals surface area contributed by atoms with Gasteiger partial charge >= 0.3 is 11.8 Å². The van der Waals surface area contributed by atoms with E-state index >= 15 is 0 Å². The molecule has 0 spiro atoms. The lowest BCUT2D eigenvalue weighted by atomic mass is 9.99. The highest BCUT2D eigenvalue weighted by atomic mass is 16.5. The van der Waals surface area contributed by atoms with Crippen LogP contribution in [0, 0.1) is 6.92 Å². The Morgan fingerprint density at radius 1 is 1.32 bits per heavy atom. The number of imidazole rings is 1. The van der Waals surface area contributed by atoms with Crippen molar-refractivity contribution in [1.29, 1.82) is 0 Å². The normalized spacial score (nSPS) is 15.6. The average molecular weight is 459 g/mol. The third-order valence-corrected chi connectivity index (χ3v) is 6.24. The summed E-state index contributed by atoms with van der Waals surface area (Å²) in [5.74, 6) is 0.456. The van der Waals surface area contributed by atoms with E-state index in [4.69, 9.17) is 14.3 Å². The maximum atomic E-state index is 13.6. The van der Waals surface area contributed by atoms with Crippen LogP contribution in [0.3, 0.4) is 0 Å². The maximum absolute atomic E-state index is 13.6. The van der Waals surface area contributed by atoms with E-state index in [1.54, 1.807) is 33.7 Å². The van der Waals surface area contributed by atoms with Crippen molar-refractivity contribution in [3.8, 4) is 17.2 Å². The van der Waals surface area contributed by atoms with Gasteiger partial charge in [0.1, 0.15) is 17.3 Å². The molecule has 1 N–H and O–H groups in total. The molecule has 1 aliphatic rings. The van der Waals surface area contributed by atoms with Gasteiger partial charge in [-0.15, -0.1) is 10.2 Å². The summed E-state index contributed by atoms with van der Waals surface area (Å²) in [6.45, 7) is 2.33. The fraction of sp³-hybridized carbons (Fsp3) is 0.273. The van der Waals surface area contributed by atoms with E-state index < -0.39 is 6.04 Å². The van der Waals surface area contributed by atoms with Gasteiger partial charge < -0.3 is 19.0 Å². The van der Waals surface area contributed by atoms with Crippen molar-refractivity contribution in [2.75, 3.05) is 13.7 Å². The predicted octanol–water partition coefficient (Wildman–Crippen LogP) is 1.95. The summed E-state index contributed by atoms with van der Waals surface area (Å²) in [5, 5.41) is 17.1. The quantitative estimate of drug-likeness (QED) is 0.431. The number of H-pyrrole nitrogens is 1. The van der Waals surface area contributed by atoms with Crippen LogP contribution in [0.5, 0.6) is 5.75 Å². The number of aryl methyl sites for hydroxylation is 1. The SMILES string of the molecule is COc1cccn2nc(C3c4nc[nH]c4CCN3C(=O)c3nnc(-c4cnn(C)c4C)o3)cc12. The number of nitrogens with one attached hydrogen (secondary N) is 1. The largest absolute Gasteiger partial charge is 0.494 e. The molecule has 5 aromatic rings. The summed E-state index contributed by atoms with van der Waals surface area (Å²) in [4.78, 5) is 23.0. The Morgan fingerprint density at radius 3 is 3.00 bits per heavy atom. The van der Waals surface area contributed by atoms with Crippen LogP contribution >= 0.6 is 0 Å². The van der Waals surface area contributed by atoms with E-state index in [0.29, 0.717) is 30.0 Å². The van der Waals surface area contributed by atoms with E-state index in [2.05, 4.69) is 25.3 Å². The van der Waals surface area contributed by atoms with Crippen molar-refractivity contribution in [3.63, 3.8) is 0 Å². The molecular weight excluding hydrogens is 438 g/mol. The molecule has 0 aliphatic carbocycles. The Hall–Kier alpha value is -4.48. The topological polar surface area (TPSA) is 132 Å². The van der Waals surface area contributed by atoms with Gasteiger partial charge in [-0.05, 0) is 25.1 Å². The minimum Gasteiger partial charge on any atom is -0.494 e. The van der Waals surface area contributed by atoms with Crippen molar-refractivity contribution >= 4 is 11.4 Å². The molecule has 6 heterocycles. The van der Waals surface area contributed by atoms with E-state index in [1.165, 1.54) is 0 Å². The molecular formula is C22H21N9O3. The Morgan fingerprint density at radius 2 is 2.21 bits per heavy atom. The van der Waals surface area contributed by atoms with Gasteiger partial charge in [0.05, 0.1) is 36.6 Å². The van der Waals surface area contributed by atoms with Gasteiger partial charge in [0.25, 0.3) is 5.89 Å². The molecule has 34 heavy (non-hydrogen) atoms. The lowest BCUT2D eigenvalue weighted by Crippen LogP contribution is -2.41. The Kier molecular flexibility index (Phi) is 4.47. The van der Waals surface area contributed by atoms with Crippen molar-refractivity contribution in [2.24, 2.45) is 7.05 Å². The van der Waals surface area contributed by atoms with Crippen molar-refractivity contribution in [1.82, 2.24) is 44.5 Å². The van der Waals surface area contributed by atoms with Crippen LogP contribution in [-0.2, 0) is 13.5 Å². The highest BCUT2D eigenvalue weighted by Gasteiger charge is 2.38. The molecule has 172 valence electrons. The van der Waals surface area contributed by atoms with E-state index in [1.807, 2.05) is 38.4 Å². The second kappa shape index (κ2) is 7.54. The molecule has 0 radical (unpaired) electrons. The molecule has 0 aromatic carbocycles.